The quantitative estimate of drug-likeness (QED) is 0.648. The van der Waals surface area contributed by atoms with Crippen molar-refractivity contribution in [2.24, 2.45) is 12.8 Å². The Labute approximate surface area is 72.1 Å². The van der Waals surface area contributed by atoms with Gasteiger partial charge in [0.05, 0.1) is 6.20 Å². The highest BCUT2D eigenvalue weighted by molar-refractivity contribution is 5.85. The van der Waals surface area contributed by atoms with E-state index in [1.807, 2.05) is 18.7 Å². The van der Waals surface area contributed by atoms with Crippen molar-refractivity contribution in [3.63, 3.8) is 0 Å². The van der Waals surface area contributed by atoms with Gasteiger partial charge in [-0.2, -0.15) is 5.10 Å². The second-order valence-electron chi connectivity index (χ2n) is 2.08. The van der Waals surface area contributed by atoms with Crippen molar-refractivity contribution in [3.05, 3.63) is 17.5 Å². The lowest BCUT2D eigenvalue weighted by Gasteiger charge is -1.93. The molecule has 0 atom stereocenters. The van der Waals surface area contributed by atoms with Gasteiger partial charge in [0.15, 0.2) is 0 Å². The molecule has 4 N–H and O–H groups in total. The molecule has 0 radical (unpaired) electrons. The topological polar surface area (TPSA) is 75.3 Å². The minimum absolute atomic E-state index is 0. The number of aryl methyl sites for hydroxylation is 1. The van der Waals surface area contributed by atoms with Crippen molar-refractivity contribution >= 4 is 12.4 Å². The smallest absolute Gasteiger partial charge is 0.0537 e. The zero-order valence-corrected chi connectivity index (χ0v) is 7.48. The zero-order chi connectivity index (χ0) is 6.85. The van der Waals surface area contributed by atoms with E-state index in [0.29, 0.717) is 6.54 Å². The van der Waals surface area contributed by atoms with Crippen LogP contribution in [0.5, 0.6) is 0 Å². The van der Waals surface area contributed by atoms with Gasteiger partial charge in [-0.3, -0.25) is 4.68 Å². The maximum atomic E-state index is 5.41. The molecule has 66 valence electrons. The van der Waals surface area contributed by atoms with Gasteiger partial charge in [0.1, 0.15) is 0 Å². The van der Waals surface area contributed by atoms with Crippen LogP contribution in [0, 0.1) is 6.92 Å². The van der Waals surface area contributed by atoms with Crippen LogP contribution < -0.4 is 5.73 Å². The average molecular weight is 180 g/mol. The first-order valence-electron chi connectivity index (χ1n) is 2.93. The molecule has 0 aromatic carbocycles. The fraction of sp³-hybridized carbons (Fsp3) is 0.500. The van der Waals surface area contributed by atoms with Crippen LogP contribution in [0.1, 0.15) is 11.3 Å². The first-order valence-corrected chi connectivity index (χ1v) is 2.93. The number of halogens is 1. The summed E-state index contributed by atoms with van der Waals surface area (Å²) in [5.74, 6) is 0. The third-order valence-electron chi connectivity index (χ3n) is 1.56. The van der Waals surface area contributed by atoms with Crippen molar-refractivity contribution < 1.29 is 5.48 Å². The van der Waals surface area contributed by atoms with Gasteiger partial charge in [-0.1, -0.05) is 0 Å². The van der Waals surface area contributed by atoms with E-state index in [1.165, 1.54) is 0 Å². The van der Waals surface area contributed by atoms with Gasteiger partial charge in [-0.25, -0.2) is 0 Å². The Morgan fingerprint density at radius 2 is 2.18 bits per heavy atom. The number of nitrogens with two attached hydrogens (primary N) is 1. The Kier molecular flexibility index (Phi) is 6.07. The molecule has 1 aromatic heterocycles. The average Bonchev–Trinajstić information content (AvgIpc) is 2.15. The standard InChI is InChI=1S/C6H11N3.ClH.H2O/c1-5-6(3-7)4-8-9(5)2;;/h4H,3,7H2,1-2H3;1H;1H2. The molecular weight excluding hydrogens is 166 g/mol. The lowest BCUT2D eigenvalue weighted by Crippen LogP contribution is -1.98. The Hall–Kier alpha value is -0.580. The minimum atomic E-state index is 0. The maximum absolute atomic E-state index is 5.41. The molecule has 0 aliphatic carbocycles. The van der Waals surface area contributed by atoms with E-state index >= 15 is 0 Å². The SMILES string of the molecule is Cc1c(CN)cnn1C.Cl.O. The van der Waals surface area contributed by atoms with Gasteiger partial charge in [0.25, 0.3) is 0 Å². The monoisotopic (exact) mass is 179 g/mol. The summed E-state index contributed by atoms with van der Waals surface area (Å²) in [5.41, 5.74) is 7.68. The van der Waals surface area contributed by atoms with Gasteiger partial charge in [0.2, 0.25) is 0 Å². The number of rotatable bonds is 1. The summed E-state index contributed by atoms with van der Waals surface area (Å²) in [4.78, 5) is 0. The van der Waals surface area contributed by atoms with Crippen LogP contribution in [0.25, 0.3) is 0 Å². The molecule has 4 nitrogen and oxygen atoms in total. The van der Waals surface area contributed by atoms with Crippen LogP contribution >= 0.6 is 12.4 Å². The molecule has 0 bridgehead atoms. The molecule has 5 heteroatoms. The summed E-state index contributed by atoms with van der Waals surface area (Å²) in [6.07, 6.45) is 1.80. The van der Waals surface area contributed by atoms with Crippen molar-refractivity contribution in [1.29, 1.82) is 0 Å². The molecule has 0 aliphatic heterocycles. The lowest BCUT2D eigenvalue weighted by atomic mass is 10.3. The Bertz CT molecular complexity index is 212. The van der Waals surface area contributed by atoms with Crippen molar-refractivity contribution in [2.75, 3.05) is 0 Å². The zero-order valence-electron chi connectivity index (χ0n) is 6.66. The molecule has 11 heavy (non-hydrogen) atoms. The van der Waals surface area contributed by atoms with Gasteiger partial charge in [-0.15, -0.1) is 12.4 Å². The van der Waals surface area contributed by atoms with E-state index < -0.39 is 0 Å². The lowest BCUT2D eigenvalue weighted by molar-refractivity contribution is 0.737. The molecule has 0 unspecified atom stereocenters. The van der Waals surface area contributed by atoms with Gasteiger partial charge in [-0.05, 0) is 6.92 Å². The third-order valence-corrected chi connectivity index (χ3v) is 1.56. The van der Waals surface area contributed by atoms with Crippen LogP contribution in [0.2, 0.25) is 0 Å². The number of hydrogen-bond donors (Lipinski definition) is 1. The molecule has 0 fully saturated rings. The number of nitrogens with zero attached hydrogens (tertiary/aromatic N) is 2. The van der Waals surface area contributed by atoms with Crippen molar-refractivity contribution in [2.45, 2.75) is 13.5 Å². The summed E-state index contributed by atoms with van der Waals surface area (Å²) in [5, 5.41) is 4.02. The van der Waals surface area contributed by atoms with E-state index in [4.69, 9.17) is 5.73 Å². The van der Waals surface area contributed by atoms with Crippen LogP contribution in [0.15, 0.2) is 6.20 Å². The summed E-state index contributed by atoms with van der Waals surface area (Å²) in [7, 11) is 1.91. The summed E-state index contributed by atoms with van der Waals surface area (Å²) in [6.45, 7) is 2.59. The molecule has 0 spiro atoms. The largest absolute Gasteiger partial charge is 0.412 e. The van der Waals surface area contributed by atoms with Crippen LogP contribution in [-0.4, -0.2) is 15.3 Å². The highest BCUT2D eigenvalue weighted by Gasteiger charge is 1.98. The predicted octanol–water partition coefficient (Wildman–Crippen LogP) is -0.216. The third kappa shape index (κ3) is 2.49. The molecule has 0 aliphatic rings. The summed E-state index contributed by atoms with van der Waals surface area (Å²) in [6, 6.07) is 0. The minimum Gasteiger partial charge on any atom is -0.412 e. The number of aromatic nitrogens is 2. The normalized spacial score (nSPS) is 8.27. The Balaban J connectivity index is 0. The predicted molar refractivity (Wildman–Crippen MR) is 46.7 cm³/mol. The highest BCUT2D eigenvalue weighted by atomic mass is 35.5. The van der Waals surface area contributed by atoms with Crippen LogP contribution in [0.4, 0.5) is 0 Å². The van der Waals surface area contributed by atoms with E-state index in [9.17, 15) is 0 Å². The van der Waals surface area contributed by atoms with Crippen molar-refractivity contribution in [3.8, 4) is 0 Å². The fourth-order valence-electron chi connectivity index (χ4n) is 0.745. The molecule has 0 amide bonds. The molecule has 1 aromatic rings. The first-order chi connectivity index (χ1) is 4.25. The summed E-state index contributed by atoms with van der Waals surface area (Å²) < 4.78 is 1.82. The van der Waals surface area contributed by atoms with Crippen molar-refractivity contribution in [1.82, 2.24) is 9.78 Å². The van der Waals surface area contributed by atoms with E-state index in [0.717, 1.165) is 11.3 Å². The van der Waals surface area contributed by atoms with Gasteiger partial charge >= 0.3 is 0 Å². The Morgan fingerprint density at radius 1 is 1.64 bits per heavy atom. The second kappa shape index (κ2) is 5.12. The summed E-state index contributed by atoms with van der Waals surface area (Å²) >= 11 is 0. The number of hydrogen-bond acceptors (Lipinski definition) is 2. The van der Waals surface area contributed by atoms with Crippen LogP contribution in [0.3, 0.4) is 0 Å². The Morgan fingerprint density at radius 3 is 2.36 bits per heavy atom. The molecule has 0 saturated heterocycles. The van der Waals surface area contributed by atoms with E-state index in [2.05, 4.69) is 5.10 Å². The molecule has 1 heterocycles. The van der Waals surface area contributed by atoms with E-state index in [-0.39, 0.29) is 17.9 Å². The maximum Gasteiger partial charge on any atom is 0.0537 e. The second-order valence-corrected chi connectivity index (χ2v) is 2.08. The molecular formula is C6H14ClN3O. The van der Waals surface area contributed by atoms with E-state index in [1.54, 1.807) is 6.20 Å². The molecule has 1 rings (SSSR count). The first kappa shape index (κ1) is 13.0. The van der Waals surface area contributed by atoms with Gasteiger partial charge < -0.3 is 11.2 Å². The fourth-order valence-corrected chi connectivity index (χ4v) is 0.745. The van der Waals surface area contributed by atoms with Crippen LogP contribution in [-0.2, 0) is 13.6 Å². The molecule has 0 saturated carbocycles. The van der Waals surface area contributed by atoms with Gasteiger partial charge in [0, 0.05) is 24.8 Å². The highest BCUT2D eigenvalue weighted by Crippen LogP contribution is 2.02.